The lowest BCUT2D eigenvalue weighted by atomic mass is 9.95. The summed E-state index contributed by atoms with van der Waals surface area (Å²) in [6, 6.07) is 8.09. The zero-order chi connectivity index (χ0) is 21.8. The van der Waals surface area contributed by atoms with E-state index in [0.29, 0.717) is 37.6 Å². The van der Waals surface area contributed by atoms with Crippen LogP contribution < -0.4 is 4.90 Å². The number of benzene rings is 1. The van der Waals surface area contributed by atoms with Crippen LogP contribution in [-0.4, -0.2) is 72.8 Å². The monoisotopic (exact) mass is 463 g/mol. The maximum Gasteiger partial charge on any atom is 0.243 e. The molecule has 0 spiro atoms. The highest BCUT2D eigenvalue weighted by molar-refractivity contribution is 7.89. The van der Waals surface area contributed by atoms with Crippen molar-refractivity contribution in [3.05, 3.63) is 47.9 Å². The average molecular weight is 464 g/mol. The van der Waals surface area contributed by atoms with Crippen molar-refractivity contribution in [1.82, 2.24) is 19.2 Å². The van der Waals surface area contributed by atoms with Gasteiger partial charge in [0.15, 0.2) is 0 Å². The van der Waals surface area contributed by atoms with Crippen molar-refractivity contribution in [3.8, 4) is 0 Å². The number of amides is 1. The van der Waals surface area contributed by atoms with Crippen LogP contribution in [0.3, 0.4) is 0 Å². The number of sulfonamides is 1. The second-order valence-electron chi connectivity index (χ2n) is 7.87. The van der Waals surface area contributed by atoms with Gasteiger partial charge in [0.05, 0.1) is 4.90 Å². The Balaban J connectivity index is 1.34. The van der Waals surface area contributed by atoms with Gasteiger partial charge in [-0.2, -0.15) is 4.31 Å². The number of rotatable bonds is 4. The first-order valence-corrected chi connectivity index (χ1v) is 12.3. The lowest BCUT2D eigenvalue weighted by Crippen LogP contribution is -2.44. The van der Waals surface area contributed by atoms with Crippen molar-refractivity contribution >= 4 is 33.3 Å². The van der Waals surface area contributed by atoms with Crippen molar-refractivity contribution < 1.29 is 13.2 Å². The fourth-order valence-electron chi connectivity index (χ4n) is 4.19. The van der Waals surface area contributed by atoms with Gasteiger partial charge in [0.2, 0.25) is 15.9 Å². The van der Waals surface area contributed by atoms with Gasteiger partial charge in [-0.15, -0.1) is 0 Å². The Labute approximate surface area is 187 Å². The van der Waals surface area contributed by atoms with Crippen molar-refractivity contribution in [2.75, 3.05) is 44.2 Å². The predicted molar refractivity (Wildman–Crippen MR) is 118 cm³/mol. The highest BCUT2D eigenvalue weighted by Gasteiger charge is 2.32. The second-order valence-corrected chi connectivity index (χ2v) is 10.2. The zero-order valence-electron chi connectivity index (χ0n) is 17.2. The number of nitrogens with zero attached hydrogens (tertiary/aromatic N) is 5. The number of carbonyl (C=O) groups excluding carboxylic acids is 1. The van der Waals surface area contributed by atoms with Gasteiger partial charge in [0, 0.05) is 56.4 Å². The van der Waals surface area contributed by atoms with E-state index in [1.165, 1.54) is 22.8 Å². The Morgan fingerprint density at radius 1 is 0.968 bits per heavy atom. The molecule has 1 aromatic carbocycles. The Hall–Kier alpha value is -2.23. The number of halogens is 1. The standard InChI is InChI=1S/C21H26ClN5O3S/c22-18-2-4-19(5-3-18)31(29,30)27-11-1-10-26(14-15-27)21(28)17-7-12-25(13-8-17)20-6-9-23-16-24-20/h2-6,9,16-17H,1,7-8,10-15H2. The van der Waals surface area contributed by atoms with Crippen LogP contribution in [0, 0.1) is 5.92 Å². The zero-order valence-corrected chi connectivity index (χ0v) is 18.8. The van der Waals surface area contributed by atoms with Gasteiger partial charge in [-0.3, -0.25) is 4.79 Å². The molecule has 4 rings (SSSR count). The Bertz CT molecular complexity index is 995. The summed E-state index contributed by atoms with van der Waals surface area (Å²) >= 11 is 5.88. The third-order valence-electron chi connectivity index (χ3n) is 5.95. The lowest BCUT2D eigenvalue weighted by molar-refractivity contribution is -0.136. The van der Waals surface area contributed by atoms with Crippen LogP contribution >= 0.6 is 11.6 Å². The number of carbonyl (C=O) groups is 1. The summed E-state index contributed by atoms with van der Waals surface area (Å²) in [5.74, 6) is 0.990. The molecule has 0 bridgehead atoms. The van der Waals surface area contributed by atoms with E-state index in [2.05, 4.69) is 14.9 Å². The van der Waals surface area contributed by atoms with Crippen LogP contribution in [0.2, 0.25) is 5.02 Å². The fraction of sp³-hybridized carbons (Fsp3) is 0.476. The smallest absolute Gasteiger partial charge is 0.243 e. The van der Waals surface area contributed by atoms with E-state index in [0.717, 1.165) is 31.7 Å². The van der Waals surface area contributed by atoms with Gasteiger partial charge in [-0.1, -0.05) is 11.6 Å². The van der Waals surface area contributed by atoms with Crippen LogP contribution in [-0.2, 0) is 14.8 Å². The SMILES string of the molecule is O=C(C1CCN(c2ccncn2)CC1)N1CCCN(S(=O)(=O)c2ccc(Cl)cc2)CC1. The molecule has 1 amide bonds. The molecule has 3 heterocycles. The van der Waals surface area contributed by atoms with Crippen LogP contribution in [0.25, 0.3) is 0 Å². The molecule has 0 aliphatic carbocycles. The predicted octanol–water partition coefficient (Wildman–Crippen LogP) is 2.27. The summed E-state index contributed by atoms with van der Waals surface area (Å²) in [4.78, 5) is 25.6. The van der Waals surface area contributed by atoms with Crippen molar-refractivity contribution in [1.29, 1.82) is 0 Å². The first kappa shape index (κ1) is 22.0. The fourth-order valence-corrected chi connectivity index (χ4v) is 5.79. The quantitative estimate of drug-likeness (QED) is 0.691. The minimum atomic E-state index is -3.60. The molecule has 2 aliphatic rings. The molecular formula is C21H26ClN5O3S. The van der Waals surface area contributed by atoms with Crippen molar-refractivity contribution in [2.45, 2.75) is 24.2 Å². The minimum absolute atomic E-state index is 0.0301. The van der Waals surface area contributed by atoms with Gasteiger partial charge in [-0.05, 0) is 49.6 Å². The molecule has 0 unspecified atom stereocenters. The molecule has 0 atom stereocenters. The van der Waals surface area contributed by atoms with Crippen LogP contribution in [0.1, 0.15) is 19.3 Å². The number of piperidine rings is 1. The molecule has 31 heavy (non-hydrogen) atoms. The summed E-state index contributed by atoms with van der Waals surface area (Å²) in [6.07, 6.45) is 5.42. The molecular weight excluding hydrogens is 438 g/mol. The summed E-state index contributed by atoms with van der Waals surface area (Å²) in [5, 5.41) is 0.498. The molecule has 2 aromatic rings. The Morgan fingerprint density at radius 3 is 2.39 bits per heavy atom. The minimum Gasteiger partial charge on any atom is -0.356 e. The van der Waals surface area contributed by atoms with E-state index in [1.54, 1.807) is 18.3 Å². The Kier molecular flexibility index (Phi) is 6.74. The van der Waals surface area contributed by atoms with Crippen LogP contribution in [0.4, 0.5) is 5.82 Å². The molecule has 166 valence electrons. The lowest BCUT2D eigenvalue weighted by Gasteiger charge is -2.34. The number of aromatic nitrogens is 2. The van der Waals surface area contributed by atoms with Crippen LogP contribution in [0.5, 0.6) is 0 Å². The molecule has 1 aromatic heterocycles. The van der Waals surface area contributed by atoms with Gasteiger partial charge in [0.25, 0.3) is 0 Å². The molecule has 10 heteroatoms. The van der Waals surface area contributed by atoms with E-state index < -0.39 is 10.0 Å². The van der Waals surface area contributed by atoms with Gasteiger partial charge < -0.3 is 9.80 Å². The van der Waals surface area contributed by atoms with Gasteiger partial charge >= 0.3 is 0 Å². The van der Waals surface area contributed by atoms with E-state index >= 15 is 0 Å². The van der Waals surface area contributed by atoms with Crippen molar-refractivity contribution in [3.63, 3.8) is 0 Å². The van der Waals surface area contributed by atoms with Crippen molar-refractivity contribution in [2.24, 2.45) is 5.92 Å². The third-order valence-corrected chi connectivity index (χ3v) is 8.12. The molecule has 0 saturated carbocycles. The molecule has 2 saturated heterocycles. The summed E-state index contributed by atoms with van der Waals surface area (Å²) in [6.45, 7) is 3.25. The highest BCUT2D eigenvalue weighted by Crippen LogP contribution is 2.25. The Morgan fingerprint density at radius 2 is 1.71 bits per heavy atom. The first-order chi connectivity index (χ1) is 14.9. The maximum atomic E-state index is 13.1. The van der Waals surface area contributed by atoms with E-state index in [4.69, 9.17) is 11.6 Å². The summed E-state index contributed by atoms with van der Waals surface area (Å²) < 4.78 is 27.4. The third kappa shape index (κ3) is 4.99. The molecule has 2 fully saturated rings. The molecule has 0 radical (unpaired) electrons. The normalized spacial score (nSPS) is 19.3. The summed E-state index contributed by atoms with van der Waals surface area (Å²) in [5.41, 5.74) is 0. The topological polar surface area (TPSA) is 86.7 Å². The maximum absolute atomic E-state index is 13.1. The number of hydrogen-bond acceptors (Lipinski definition) is 6. The number of hydrogen-bond donors (Lipinski definition) is 0. The largest absolute Gasteiger partial charge is 0.356 e. The average Bonchev–Trinajstić information content (AvgIpc) is 3.07. The summed E-state index contributed by atoms with van der Waals surface area (Å²) in [7, 11) is -3.60. The number of anilines is 1. The highest BCUT2D eigenvalue weighted by atomic mass is 35.5. The molecule has 8 nitrogen and oxygen atoms in total. The van der Waals surface area contributed by atoms with Gasteiger partial charge in [-0.25, -0.2) is 18.4 Å². The first-order valence-electron chi connectivity index (χ1n) is 10.5. The van der Waals surface area contributed by atoms with E-state index in [1.807, 2.05) is 11.0 Å². The van der Waals surface area contributed by atoms with Gasteiger partial charge in [0.1, 0.15) is 12.1 Å². The molecule has 2 aliphatic heterocycles. The van der Waals surface area contributed by atoms with E-state index in [9.17, 15) is 13.2 Å². The van der Waals surface area contributed by atoms with Crippen LogP contribution in [0.15, 0.2) is 47.8 Å². The van der Waals surface area contributed by atoms with E-state index in [-0.39, 0.29) is 16.7 Å². The second kappa shape index (κ2) is 9.50. The molecule has 0 N–H and O–H groups in total.